The molecular weight excluding hydrogens is 256 g/mol. The largest absolute Gasteiger partial charge is 0.477 e. The smallest absolute Gasteiger partial charge is 0.352 e. The molecular formula is C14H16N4O2. The van der Waals surface area contributed by atoms with Gasteiger partial charge < -0.3 is 14.6 Å². The van der Waals surface area contributed by atoms with Crippen LogP contribution in [0.15, 0.2) is 36.9 Å². The van der Waals surface area contributed by atoms with Gasteiger partial charge in [-0.3, -0.25) is 4.98 Å². The van der Waals surface area contributed by atoms with Crippen LogP contribution in [0.2, 0.25) is 0 Å². The molecule has 2 aromatic rings. The standard InChI is InChI=1S/C14H16N4O2/c19-14(20)12-2-1-7-18(12)11-3-8-17(9-4-11)13-10-15-5-6-16-13/h1-2,5-7,10-11H,3-4,8-9H2,(H,19,20). The van der Waals surface area contributed by atoms with Gasteiger partial charge in [-0.05, 0) is 25.0 Å². The Morgan fingerprint density at radius 1 is 1.30 bits per heavy atom. The van der Waals surface area contributed by atoms with Crippen LogP contribution in [0.3, 0.4) is 0 Å². The van der Waals surface area contributed by atoms with E-state index in [1.807, 2.05) is 10.8 Å². The molecule has 20 heavy (non-hydrogen) atoms. The van der Waals surface area contributed by atoms with Gasteiger partial charge in [0.2, 0.25) is 0 Å². The van der Waals surface area contributed by atoms with Gasteiger partial charge in [-0.2, -0.15) is 0 Å². The lowest BCUT2D eigenvalue weighted by atomic mass is 10.0. The zero-order valence-electron chi connectivity index (χ0n) is 11.0. The molecule has 1 aliphatic heterocycles. The minimum Gasteiger partial charge on any atom is -0.477 e. The fraction of sp³-hybridized carbons (Fsp3) is 0.357. The van der Waals surface area contributed by atoms with Crippen molar-refractivity contribution in [1.29, 1.82) is 0 Å². The summed E-state index contributed by atoms with van der Waals surface area (Å²) in [4.78, 5) is 21.7. The quantitative estimate of drug-likeness (QED) is 0.922. The normalized spacial score (nSPS) is 16.3. The zero-order chi connectivity index (χ0) is 13.9. The monoisotopic (exact) mass is 272 g/mol. The van der Waals surface area contributed by atoms with Gasteiger partial charge in [0.1, 0.15) is 11.5 Å². The number of nitrogens with zero attached hydrogens (tertiary/aromatic N) is 4. The van der Waals surface area contributed by atoms with Gasteiger partial charge in [0.25, 0.3) is 0 Å². The van der Waals surface area contributed by atoms with Crippen LogP contribution in [-0.4, -0.2) is 38.7 Å². The Hall–Kier alpha value is -2.37. The number of aromatic nitrogens is 3. The molecule has 0 radical (unpaired) electrons. The highest BCUT2D eigenvalue weighted by atomic mass is 16.4. The highest BCUT2D eigenvalue weighted by Crippen LogP contribution is 2.26. The van der Waals surface area contributed by atoms with Crippen molar-refractivity contribution in [3.8, 4) is 0 Å². The molecule has 1 aliphatic rings. The summed E-state index contributed by atoms with van der Waals surface area (Å²) in [6, 6.07) is 3.68. The Bertz CT molecular complexity index is 588. The number of carboxylic acid groups (broad SMARTS) is 1. The van der Waals surface area contributed by atoms with Gasteiger partial charge in [0.05, 0.1) is 6.20 Å². The zero-order valence-corrected chi connectivity index (χ0v) is 11.0. The van der Waals surface area contributed by atoms with Gasteiger partial charge in [-0.1, -0.05) is 0 Å². The molecule has 0 atom stereocenters. The molecule has 0 unspecified atom stereocenters. The van der Waals surface area contributed by atoms with E-state index in [0.29, 0.717) is 5.69 Å². The van der Waals surface area contributed by atoms with E-state index in [4.69, 9.17) is 5.11 Å². The van der Waals surface area contributed by atoms with Gasteiger partial charge >= 0.3 is 5.97 Å². The summed E-state index contributed by atoms with van der Waals surface area (Å²) < 4.78 is 1.87. The first kappa shape index (κ1) is 12.7. The van der Waals surface area contributed by atoms with Crippen LogP contribution in [0.4, 0.5) is 5.82 Å². The molecule has 1 saturated heterocycles. The molecule has 1 fully saturated rings. The molecule has 0 aliphatic carbocycles. The Kier molecular flexibility index (Phi) is 3.37. The summed E-state index contributed by atoms with van der Waals surface area (Å²) >= 11 is 0. The van der Waals surface area contributed by atoms with Crippen molar-refractivity contribution in [2.45, 2.75) is 18.9 Å². The topological polar surface area (TPSA) is 71.2 Å². The molecule has 0 amide bonds. The van der Waals surface area contributed by atoms with E-state index in [1.54, 1.807) is 30.7 Å². The van der Waals surface area contributed by atoms with Crippen molar-refractivity contribution in [2.24, 2.45) is 0 Å². The molecule has 0 aromatic carbocycles. The Labute approximate surface area is 116 Å². The number of aromatic carboxylic acids is 1. The van der Waals surface area contributed by atoms with Crippen LogP contribution >= 0.6 is 0 Å². The van der Waals surface area contributed by atoms with Crippen molar-refractivity contribution in [3.63, 3.8) is 0 Å². The van der Waals surface area contributed by atoms with E-state index >= 15 is 0 Å². The summed E-state index contributed by atoms with van der Waals surface area (Å²) in [5, 5.41) is 9.17. The van der Waals surface area contributed by atoms with Crippen molar-refractivity contribution in [2.75, 3.05) is 18.0 Å². The molecule has 3 heterocycles. The maximum Gasteiger partial charge on any atom is 0.352 e. The first-order valence-corrected chi connectivity index (χ1v) is 6.67. The predicted molar refractivity (Wildman–Crippen MR) is 73.9 cm³/mol. The average molecular weight is 272 g/mol. The molecule has 1 N–H and O–H groups in total. The second-order valence-corrected chi connectivity index (χ2v) is 4.89. The molecule has 0 saturated carbocycles. The molecule has 0 bridgehead atoms. The van der Waals surface area contributed by atoms with Crippen LogP contribution in [-0.2, 0) is 0 Å². The number of hydrogen-bond acceptors (Lipinski definition) is 4. The lowest BCUT2D eigenvalue weighted by Gasteiger charge is -2.33. The molecule has 6 heteroatoms. The lowest BCUT2D eigenvalue weighted by Crippen LogP contribution is -2.35. The van der Waals surface area contributed by atoms with E-state index in [1.165, 1.54) is 0 Å². The third kappa shape index (κ3) is 2.36. The Balaban J connectivity index is 1.70. The molecule has 0 spiro atoms. The predicted octanol–water partition coefficient (Wildman–Crippen LogP) is 1.82. The van der Waals surface area contributed by atoms with Gasteiger partial charge in [0.15, 0.2) is 0 Å². The maximum atomic E-state index is 11.2. The van der Waals surface area contributed by atoms with E-state index in [-0.39, 0.29) is 6.04 Å². The van der Waals surface area contributed by atoms with Crippen LogP contribution in [0, 0.1) is 0 Å². The van der Waals surface area contributed by atoms with Gasteiger partial charge in [-0.15, -0.1) is 0 Å². The second kappa shape index (κ2) is 5.32. The second-order valence-electron chi connectivity index (χ2n) is 4.89. The number of anilines is 1. The third-order valence-electron chi connectivity index (χ3n) is 3.73. The van der Waals surface area contributed by atoms with Crippen molar-refractivity contribution < 1.29 is 9.90 Å². The highest BCUT2D eigenvalue weighted by molar-refractivity contribution is 5.85. The van der Waals surface area contributed by atoms with Crippen LogP contribution < -0.4 is 4.90 Å². The number of rotatable bonds is 3. The number of hydrogen-bond donors (Lipinski definition) is 1. The summed E-state index contributed by atoms with van der Waals surface area (Å²) in [6.07, 6.45) is 8.78. The number of carbonyl (C=O) groups is 1. The SMILES string of the molecule is O=C(O)c1cccn1C1CCN(c2cnccn2)CC1. The minimum atomic E-state index is -0.869. The summed E-state index contributed by atoms with van der Waals surface area (Å²) in [5.41, 5.74) is 0.364. The van der Waals surface area contributed by atoms with E-state index in [0.717, 1.165) is 31.7 Å². The minimum absolute atomic E-state index is 0.240. The van der Waals surface area contributed by atoms with Crippen molar-refractivity contribution >= 4 is 11.8 Å². The first-order valence-electron chi connectivity index (χ1n) is 6.67. The maximum absolute atomic E-state index is 11.2. The molecule has 3 rings (SSSR count). The van der Waals surface area contributed by atoms with Crippen LogP contribution in [0.5, 0.6) is 0 Å². The van der Waals surface area contributed by atoms with Crippen molar-refractivity contribution in [1.82, 2.24) is 14.5 Å². The number of piperidine rings is 1. The van der Waals surface area contributed by atoms with Crippen molar-refractivity contribution in [3.05, 3.63) is 42.6 Å². The molecule has 6 nitrogen and oxygen atoms in total. The first-order chi connectivity index (χ1) is 9.75. The highest BCUT2D eigenvalue weighted by Gasteiger charge is 2.23. The van der Waals surface area contributed by atoms with Gasteiger partial charge in [0, 0.05) is 37.7 Å². The summed E-state index contributed by atoms with van der Waals surface area (Å²) in [7, 11) is 0. The lowest BCUT2D eigenvalue weighted by molar-refractivity contribution is 0.0681. The molecule has 104 valence electrons. The Morgan fingerprint density at radius 3 is 2.75 bits per heavy atom. The fourth-order valence-electron chi connectivity index (χ4n) is 2.72. The number of carboxylic acids is 1. The van der Waals surface area contributed by atoms with Gasteiger partial charge in [-0.25, -0.2) is 9.78 Å². The Morgan fingerprint density at radius 2 is 2.10 bits per heavy atom. The van der Waals surface area contributed by atoms with E-state index in [9.17, 15) is 4.79 Å². The molecule has 2 aromatic heterocycles. The average Bonchev–Trinajstić information content (AvgIpc) is 2.98. The fourth-order valence-corrected chi connectivity index (χ4v) is 2.72. The third-order valence-corrected chi connectivity index (χ3v) is 3.73. The summed E-state index contributed by atoms with van der Waals surface area (Å²) in [5.74, 6) is 0.0169. The van der Waals surface area contributed by atoms with Crippen LogP contribution in [0.1, 0.15) is 29.4 Å². The van der Waals surface area contributed by atoms with E-state index < -0.39 is 5.97 Å². The van der Waals surface area contributed by atoms with Crippen LogP contribution in [0.25, 0.3) is 0 Å². The van der Waals surface area contributed by atoms with E-state index in [2.05, 4.69) is 14.9 Å². The summed E-state index contributed by atoms with van der Waals surface area (Å²) in [6.45, 7) is 1.72.